The molecule has 0 bridgehead atoms. The first kappa shape index (κ1) is 10.3. The lowest BCUT2D eigenvalue weighted by Crippen LogP contribution is -2.01. The van der Waals surface area contributed by atoms with Gasteiger partial charge in [-0.3, -0.25) is 4.79 Å². The van der Waals surface area contributed by atoms with E-state index in [4.69, 9.17) is 4.74 Å². The summed E-state index contributed by atoms with van der Waals surface area (Å²) in [5.41, 5.74) is 0. The van der Waals surface area contributed by atoms with Crippen molar-refractivity contribution in [2.45, 2.75) is 32.6 Å². The number of ether oxygens (including phenoxy) is 1. The highest BCUT2D eigenvalue weighted by Gasteiger charge is 2.35. The Hall–Kier alpha value is -0.790. The van der Waals surface area contributed by atoms with Crippen molar-refractivity contribution in [1.82, 2.24) is 0 Å². The van der Waals surface area contributed by atoms with E-state index in [1.165, 1.54) is 19.8 Å². The molecule has 1 fully saturated rings. The fourth-order valence-corrected chi connectivity index (χ4v) is 1.70. The SMILES string of the molecule is C=CCC[C@H]1C[C@H]1CCOC(C)=O. The van der Waals surface area contributed by atoms with E-state index in [1.54, 1.807) is 0 Å². The number of rotatable bonds is 6. The largest absolute Gasteiger partial charge is 0.466 e. The van der Waals surface area contributed by atoms with Gasteiger partial charge in [-0.15, -0.1) is 6.58 Å². The Kier molecular flexibility index (Phi) is 4.00. The zero-order valence-corrected chi connectivity index (χ0v) is 8.29. The molecule has 13 heavy (non-hydrogen) atoms. The van der Waals surface area contributed by atoms with Gasteiger partial charge in [0, 0.05) is 6.92 Å². The van der Waals surface area contributed by atoms with Crippen LogP contribution in [-0.4, -0.2) is 12.6 Å². The average Bonchev–Trinajstić information content (AvgIpc) is 2.80. The number of esters is 1. The molecule has 0 aromatic carbocycles. The van der Waals surface area contributed by atoms with E-state index in [0.717, 1.165) is 24.7 Å². The zero-order valence-electron chi connectivity index (χ0n) is 8.29. The van der Waals surface area contributed by atoms with E-state index in [2.05, 4.69) is 6.58 Å². The summed E-state index contributed by atoms with van der Waals surface area (Å²) in [7, 11) is 0. The van der Waals surface area contributed by atoms with E-state index in [-0.39, 0.29) is 5.97 Å². The Morgan fingerprint density at radius 1 is 1.54 bits per heavy atom. The number of carbonyl (C=O) groups is 1. The normalized spacial score (nSPS) is 25.3. The van der Waals surface area contributed by atoms with E-state index in [0.29, 0.717) is 6.61 Å². The molecule has 0 saturated heterocycles. The van der Waals surface area contributed by atoms with Crippen molar-refractivity contribution in [1.29, 1.82) is 0 Å². The molecule has 0 aliphatic heterocycles. The summed E-state index contributed by atoms with van der Waals surface area (Å²) in [6, 6.07) is 0. The second kappa shape index (κ2) is 5.05. The molecule has 0 radical (unpaired) electrons. The highest BCUT2D eigenvalue weighted by atomic mass is 16.5. The number of hydrogen-bond donors (Lipinski definition) is 0. The van der Waals surface area contributed by atoms with Crippen LogP contribution in [0.3, 0.4) is 0 Å². The van der Waals surface area contributed by atoms with Gasteiger partial charge in [-0.1, -0.05) is 6.08 Å². The van der Waals surface area contributed by atoms with Crippen LogP contribution < -0.4 is 0 Å². The zero-order chi connectivity index (χ0) is 9.68. The fraction of sp³-hybridized carbons (Fsp3) is 0.727. The van der Waals surface area contributed by atoms with Gasteiger partial charge in [-0.05, 0) is 37.5 Å². The summed E-state index contributed by atoms with van der Waals surface area (Å²) in [4.78, 5) is 10.5. The van der Waals surface area contributed by atoms with Gasteiger partial charge in [0.1, 0.15) is 0 Å². The predicted octanol–water partition coefficient (Wildman–Crippen LogP) is 2.54. The van der Waals surface area contributed by atoms with Gasteiger partial charge in [0.2, 0.25) is 0 Å². The topological polar surface area (TPSA) is 26.3 Å². The van der Waals surface area contributed by atoms with Crippen molar-refractivity contribution in [2.75, 3.05) is 6.61 Å². The lowest BCUT2D eigenvalue weighted by Gasteiger charge is -2.00. The van der Waals surface area contributed by atoms with Crippen molar-refractivity contribution < 1.29 is 9.53 Å². The molecular formula is C11H18O2. The van der Waals surface area contributed by atoms with Crippen LogP contribution in [0.1, 0.15) is 32.6 Å². The van der Waals surface area contributed by atoms with E-state index in [9.17, 15) is 4.79 Å². The summed E-state index contributed by atoms with van der Waals surface area (Å²) in [6.45, 7) is 5.76. The molecular weight excluding hydrogens is 164 g/mol. The van der Waals surface area contributed by atoms with Gasteiger partial charge < -0.3 is 4.74 Å². The third-order valence-corrected chi connectivity index (χ3v) is 2.60. The Labute approximate surface area is 80.0 Å². The molecule has 0 unspecified atom stereocenters. The minimum Gasteiger partial charge on any atom is -0.466 e. The monoisotopic (exact) mass is 182 g/mol. The van der Waals surface area contributed by atoms with E-state index in [1.807, 2.05) is 6.08 Å². The molecule has 0 amide bonds. The minimum absolute atomic E-state index is 0.164. The van der Waals surface area contributed by atoms with Gasteiger partial charge in [-0.25, -0.2) is 0 Å². The van der Waals surface area contributed by atoms with Gasteiger partial charge in [0.15, 0.2) is 0 Å². The first-order valence-corrected chi connectivity index (χ1v) is 4.98. The Bertz CT molecular complexity index is 187. The second-order valence-corrected chi connectivity index (χ2v) is 3.75. The Morgan fingerprint density at radius 2 is 2.23 bits per heavy atom. The van der Waals surface area contributed by atoms with Gasteiger partial charge in [0.05, 0.1) is 6.61 Å². The highest BCUT2D eigenvalue weighted by Crippen LogP contribution is 2.44. The van der Waals surface area contributed by atoms with Crippen LogP contribution >= 0.6 is 0 Å². The van der Waals surface area contributed by atoms with Crippen LogP contribution in [0, 0.1) is 11.8 Å². The van der Waals surface area contributed by atoms with Gasteiger partial charge >= 0.3 is 5.97 Å². The first-order valence-electron chi connectivity index (χ1n) is 4.98. The Morgan fingerprint density at radius 3 is 2.85 bits per heavy atom. The van der Waals surface area contributed by atoms with Crippen molar-refractivity contribution in [3.05, 3.63) is 12.7 Å². The molecule has 2 atom stereocenters. The van der Waals surface area contributed by atoms with Gasteiger partial charge in [-0.2, -0.15) is 0 Å². The van der Waals surface area contributed by atoms with Crippen LogP contribution in [0.2, 0.25) is 0 Å². The Balaban J connectivity index is 1.94. The van der Waals surface area contributed by atoms with Crippen LogP contribution in [0.25, 0.3) is 0 Å². The van der Waals surface area contributed by atoms with Crippen molar-refractivity contribution >= 4 is 5.97 Å². The molecule has 0 heterocycles. The summed E-state index contributed by atoms with van der Waals surface area (Å²) in [5.74, 6) is 1.51. The van der Waals surface area contributed by atoms with Gasteiger partial charge in [0.25, 0.3) is 0 Å². The smallest absolute Gasteiger partial charge is 0.302 e. The first-order chi connectivity index (χ1) is 6.24. The molecule has 74 valence electrons. The summed E-state index contributed by atoms with van der Waals surface area (Å²) in [5, 5.41) is 0. The lowest BCUT2D eigenvalue weighted by molar-refractivity contribution is -0.141. The molecule has 2 heteroatoms. The fourth-order valence-electron chi connectivity index (χ4n) is 1.70. The second-order valence-electron chi connectivity index (χ2n) is 3.75. The van der Waals surface area contributed by atoms with Crippen molar-refractivity contribution in [3.8, 4) is 0 Å². The summed E-state index contributed by atoms with van der Waals surface area (Å²) in [6.07, 6.45) is 6.71. The average molecular weight is 182 g/mol. The molecule has 0 aromatic rings. The minimum atomic E-state index is -0.164. The highest BCUT2D eigenvalue weighted by molar-refractivity contribution is 5.65. The molecule has 1 saturated carbocycles. The third kappa shape index (κ3) is 4.11. The van der Waals surface area contributed by atoms with E-state index < -0.39 is 0 Å². The molecule has 2 nitrogen and oxygen atoms in total. The summed E-state index contributed by atoms with van der Waals surface area (Å²) >= 11 is 0. The summed E-state index contributed by atoms with van der Waals surface area (Å²) < 4.78 is 4.89. The number of carbonyl (C=O) groups excluding carboxylic acids is 1. The van der Waals surface area contributed by atoms with E-state index >= 15 is 0 Å². The quantitative estimate of drug-likeness (QED) is 0.466. The van der Waals surface area contributed by atoms with Crippen molar-refractivity contribution in [3.63, 3.8) is 0 Å². The molecule has 1 aliphatic rings. The lowest BCUT2D eigenvalue weighted by atomic mass is 10.1. The molecule has 0 spiro atoms. The maximum Gasteiger partial charge on any atom is 0.302 e. The molecule has 0 aromatic heterocycles. The number of allylic oxidation sites excluding steroid dienone is 1. The van der Waals surface area contributed by atoms with Crippen LogP contribution in [-0.2, 0) is 9.53 Å². The molecule has 1 rings (SSSR count). The molecule has 0 N–H and O–H groups in total. The van der Waals surface area contributed by atoms with Crippen LogP contribution in [0.4, 0.5) is 0 Å². The molecule has 1 aliphatic carbocycles. The van der Waals surface area contributed by atoms with Crippen LogP contribution in [0.5, 0.6) is 0 Å². The standard InChI is InChI=1S/C11H18O2/c1-3-4-5-10-8-11(10)6-7-13-9(2)12/h3,10-11H,1,4-8H2,2H3/t10-,11+/m0/s1. The van der Waals surface area contributed by atoms with Crippen molar-refractivity contribution in [2.24, 2.45) is 11.8 Å². The number of hydrogen-bond acceptors (Lipinski definition) is 2. The predicted molar refractivity (Wildman–Crippen MR) is 52.3 cm³/mol. The maximum absolute atomic E-state index is 10.5. The maximum atomic E-state index is 10.5. The van der Waals surface area contributed by atoms with Crippen LogP contribution in [0.15, 0.2) is 12.7 Å². The third-order valence-electron chi connectivity index (χ3n) is 2.60.